The molecule has 0 atom stereocenters. The lowest BCUT2D eigenvalue weighted by Gasteiger charge is -2.31. The van der Waals surface area contributed by atoms with Crippen LogP contribution in [0.3, 0.4) is 0 Å². The fraction of sp³-hybridized carbons (Fsp3) is 0.300. The Balaban J connectivity index is 1.07. The number of rotatable bonds is 7. The summed E-state index contributed by atoms with van der Waals surface area (Å²) in [4.78, 5) is 23.9. The third kappa shape index (κ3) is 5.69. The Hall–Kier alpha value is -4.93. The molecule has 6 rings (SSSR count). The van der Waals surface area contributed by atoms with Crippen LogP contribution in [0.5, 0.6) is 5.75 Å². The first kappa shape index (κ1) is 26.3. The van der Waals surface area contributed by atoms with Crippen LogP contribution in [-0.4, -0.2) is 58.0 Å². The Morgan fingerprint density at radius 3 is 2.63 bits per heavy atom. The zero-order valence-electron chi connectivity index (χ0n) is 23.2. The zero-order chi connectivity index (χ0) is 28.3. The number of carbonyl (C=O) groups is 1. The van der Waals surface area contributed by atoms with Crippen LogP contribution in [0.15, 0.2) is 57.9 Å². The van der Waals surface area contributed by atoms with E-state index in [1.54, 1.807) is 14.0 Å². The van der Waals surface area contributed by atoms with Gasteiger partial charge in [-0.05, 0) is 37.5 Å². The van der Waals surface area contributed by atoms with Crippen molar-refractivity contribution >= 4 is 22.7 Å². The lowest BCUT2D eigenvalue weighted by Crippen LogP contribution is -2.34. The molecular formula is C30H30N8O3. The highest BCUT2D eigenvalue weighted by Gasteiger charge is 2.21. The number of aromatic nitrogens is 5. The molecule has 1 aromatic heterocycles. The van der Waals surface area contributed by atoms with Crippen molar-refractivity contribution in [1.29, 1.82) is 0 Å². The molecule has 11 heteroatoms. The molecule has 3 aliphatic rings. The zero-order valence-corrected chi connectivity index (χ0v) is 23.2. The van der Waals surface area contributed by atoms with Crippen LogP contribution >= 0.6 is 0 Å². The number of hydrogen-bond donors (Lipinski definition) is 1. The third-order valence-corrected chi connectivity index (χ3v) is 7.09. The summed E-state index contributed by atoms with van der Waals surface area (Å²) in [7, 11) is 1.77. The van der Waals surface area contributed by atoms with Crippen molar-refractivity contribution in [3.63, 3.8) is 0 Å². The smallest absolute Gasteiger partial charge is 0.220 e. The van der Waals surface area contributed by atoms with Gasteiger partial charge in [-0.3, -0.25) is 9.79 Å². The van der Waals surface area contributed by atoms with Crippen molar-refractivity contribution in [3.8, 4) is 28.6 Å². The Bertz CT molecular complexity index is 1750. The topological polar surface area (TPSA) is 132 Å². The molecule has 11 nitrogen and oxygen atoms in total. The van der Waals surface area contributed by atoms with E-state index < -0.39 is 0 Å². The molecule has 2 aliphatic heterocycles. The molecular weight excluding hydrogens is 520 g/mol. The first-order valence-corrected chi connectivity index (χ1v) is 13.6. The molecule has 2 aromatic carbocycles. The molecule has 0 fully saturated rings. The fourth-order valence-corrected chi connectivity index (χ4v) is 4.90. The maximum atomic E-state index is 12.6. The Morgan fingerprint density at radius 1 is 1.05 bits per heavy atom. The number of hydrogen-bond acceptors (Lipinski definition) is 10. The first-order valence-electron chi connectivity index (χ1n) is 13.6. The van der Waals surface area contributed by atoms with Gasteiger partial charge in [0.25, 0.3) is 0 Å². The molecule has 1 N–H and O–H groups in total. The SMILES string of the molecule is C/N=c1/cc2oc3cc4c(cc3nc-2cc1C)OCCN4CCCC(=O)NCc1ccc(-c2nnc(C)nn2)cc1. The minimum atomic E-state index is 0.00875. The number of carbonyl (C=O) groups excluding carboxylic acids is 1. The Labute approximate surface area is 236 Å². The van der Waals surface area contributed by atoms with Crippen LogP contribution in [-0.2, 0) is 11.3 Å². The molecule has 1 aliphatic carbocycles. The highest BCUT2D eigenvalue weighted by atomic mass is 16.5. The van der Waals surface area contributed by atoms with Crippen LogP contribution in [0.1, 0.15) is 29.8 Å². The lowest BCUT2D eigenvalue weighted by atomic mass is 10.1. The van der Waals surface area contributed by atoms with Gasteiger partial charge in [0.15, 0.2) is 17.2 Å². The summed E-state index contributed by atoms with van der Waals surface area (Å²) in [6.07, 6.45) is 1.13. The number of anilines is 1. The van der Waals surface area contributed by atoms with E-state index in [1.807, 2.05) is 55.5 Å². The number of benzene rings is 3. The van der Waals surface area contributed by atoms with E-state index in [1.165, 1.54) is 0 Å². The van der Waals surface area contributed by atoms with E-state index >= 15 is 0 Å². The second kappa shape index (κ2) is 11.3. The molecule has 0 bridgehead atoms. The van der Waals surface area contributed by atoms with Crippen LogP contribution in [0.25, 0.3) is 33.9 Å². The molecule has 0 spiro atoms. The fourth-order valence-electron chi connectivity index (χ4n) is 4.90. The average Bonchev–Trinajstić information content (AvgIpc) is 2.98. The normalized spacial score (nSPS) is 13.3. The van der Waals surface area contributed by atoms with Gasteiger partial charge >= 0.3 is 0 Å². The van der Waals surface area contributed by atoms with E-state index in [2.05, 4.69) is 35.6 Å². The summed E-state index contributed by atoms with van der Waals surface area (Å²) in [6.45, 7) is 6.24. The minimum absolute atomic E-state index is 0.00875. The molecule has 0 saturated heterocycles. The predicted octanol–water partition coefficient (Wildman–Crippen LogP) is 3.62. The highest BCUT2D eigenvalue weighted by Crippen LogP contribution is 2.37. The number of fused-ring (bicyclic) bond motifs is 3. The van der Waals surface area contributed by atoms with Crippen LogP contribution in [0.4, 0.5) is 5.69 Å². The molecule has 3 heterocycles. The number of aryl methyl sites for hydroxylation is 2. The summed E-state index contributed by atoms with van der Waals surface area (Å²) in [6, 6.07) is 15.5. The lowest BCUT2D eigenvalue weighted by molar-refractivity contribution is -0.121. The number of nitrogens with one attached hydrogen (secondary N) is 1. The minimum Gasteiger partial charge on any atom is -0.489 e. The van der Waals surface area contributed by atoms with Crippen molar-refractivity contribution in [2.24, 2.45) is 4.99 Å². The quantitative estimate of drug-likeness (QED) is 0.302. The maximum Gasteiger partial charge on any atom is 0.220 e. The number of nitrogens with zero attached hydrogens (tertiary/aromatic N) is 7. The summed E-state index contributed by atoms with van der Waals surface area (Å²) in [5.74, 6) is 2.47. The summed E-state index contributed by atoms with van der Waals surface area (Å²) in [5.41, 5.74) is 6.02. The molecule has 0 unspecified atom stereocenters. The van der Waals surface area contributed by atoms with Gasteiger partial charge in [-0.1, -0.05) is 24.3 Å². The van der Waals surface area contributed by atoms with Gasteiger partial charge in [0.2, 0.25) is 11.7 Å². The molecule has 3 aromatic rings. The summed E-state index contributed by atoms with van der Waals surface area (Å²) in [5, 5.41) is 19.9. The standard InChI is InChI=1S/C30H30N8O3/c1-18-13-23-26(14-22(18)31-3)41-27-16-25-28(15-24(27)33-23)40-12-11-38(25)10-4-5-29(39)32-17-20-6-8-21(9-7-20)30-36-34-19(2)35-37-30/h6-9,13-16H,4-5,10-12,17H2,1-3H3,(H,32,39)/b31-22-. The van der Waals surface area contributed by atoms with E-state index in [0.29, 0.717) is 49.0 Å². The van der Waals surface area contributed by atoms with Crippen LogP contribution in [0, 0.1) is 13.8 Å². The number of amides is 1. The van der Waals surface area contributed by atoms with Crippen molar-refractivity contribution in [2.75, 3.05) is 31.6 Å². The van der Waals surface area contributed by atoms with Gasteiger partial charge in [0.1, 0.15) is 23.6 Å². The van der Waals surface area contributed by atoms with E-state index in [9.17, 15) is 4.79 Å². The summed E-state index contributed by atoms with van der Waals surface area (Å²) < 4.78 is 12.2. The first-order chi connectivity index (χ1) is 20.0. The van der Waals surface area contributed by atoms with Crippen LogP contribution in [0.2, 0.25) is 0 Å². The molecule has 41 heavy (non-hydrogen) atoms. The largest absolute Gasteiger partial charge is 0.489 e. The van der Waals surface area contributed by atoms with Gasteiger partial charge in [-0.2, -0.15) is 0 Å². The predicted molar refractivity (Wildman–Crippen MR) is 153 cm³/mol. The average molecular weight is 551 g/mol. The molecule has 1 amide bonds. The summed E-state index contributed by atoms with van der Waals surface area (Å²) >= 11 is 0. The van der Waals surface area contributed by atoms with Gasteiger partial charge in [0.05, 0.1) is 17.6 Å². The van der Waals surface area contributed by atoms with E-state index in [4.69, 9.17) is 14.1 Å². The number of ether oxygens (including phenoxy) is 1. The monoisotopic (exact) mass is 550 g/mol. The Morgan fingerprint density at radius 2 is 1.85 bits per heavy atom. The van der Waals surface area contributed by atoms with E-state index in [0.717, 1.165) is 57.8 Å². The van der Waals surface area contributed by atoms with Gasteiger partial charge in [-0.25, -0.2) is 4.98 Å². The van der Waals surface area contributed by atoms with Crippen LogP contribution < -0.4 is 20.3 Å². The second-order valence-corrected chi connectivity index (χ2v) is 10.0. The van der Waals surface area contributed by atoms with Crippen molar-refractivity contribution in [3.05, 3.63) is 70.8 Å². The van der Waals surface area contributed by atoms with Gasteiger partial charge in [-0.15, -0.1) is 20.4 Å². The Kier molecular flexibility index (Phi) is 7.24. The molecule has 0 saturated carbocycles. The van der Waals surface area contributed by atoms with E-state index in [-0.39, 0.29) is 5.91 Å². The highest BCUT2D eigenvalue weighted by molar-refractivity contribution is 5.84. The molecule has 0 radical (unpaired) electrons. The van der Waals surface area contributed by atoms with Crippen molar-refractivity contribution < 1.29 is 13.9 Å². The third-order valence-electron chi connectivity index (χ3n) is 7.09. The molecule has 208 valence electrons. The maximum absolute atomic E-state index is 12.6. The van der Waals surface area contributed by atoms with Gasteiger partial charge < -0.3 is 19.4 Å². The van der Waals surface area contributed by atoms with Crippen molar-refractivity contribution in [1.82, 2.24) is 30.7 Å². The second-order valence-electron chi connectivity index (χ2n) is 10.0. The van der Waals surface area contributed by atoms with Crippen molar-refractivity contribution in [2.45, 2.75) is 33.2 Å². The van der Waals surface area contributed by atoms with Gasteiger partial charge in [0, 0.05) is 50.3 Å².